The van der Waals surface area contributed by atoms with E-state index in [-0.39, 0.29) is 17.7 Å². The van der Waals surface area contributed by atoms with Gasteiger partial charge in [-0.25, -0.2) is 0 Å². The highest BCUT2D eigenvalue weighted by Crippen LogP contribution is 2.24. The first-order valence-corrected chi connectivity index (χ1v) is 7.54. The lowest BCUT2D eigenvalue weighted by Crippen LogP contribution is -2.38. The van der Waals surface area contributed by atoms with E-state index in [2.05, 4.69) is 13.8 Å². The molecule has 21 heavy (non-hydrogen) atoms. The lowest BCUT2D eigenvalue weighted by Gasteiger charge is -2.26. The topological polar surface area (TPSA) is 57.6 Å². The van der Waals surface area contributed by atoms with Crippen molar-refractivity contribution in [2.75, 3.05) is 13.1 Å². The second-order valence-corrected chi connectivity index (χ2v) is 6.15. The molecule has 0 bridgehead atoms. The Morgan fingerprint density at radius 2 is 1.95 bits per heavy atom. The van der Waals surface area contributed by atoms with Crippen molar-refractivity contribution in [3.05, 3.63) is 35.9 Å². The number of nitrogens with zero attached hydrogens (tertiary/aromatic N) is 1. The molecule has 0 aromatic heterocycles. The molecule has 0 radical (unpaired) electrons. The van der Waals surface area contributed by atoms with E-state index in [9.17, 15) is 9.59 Å². The van der Waals surface area contributed by atoms with Gasteiger partial charge in [0, 0.05) is 19.0 Å². The highest BCUT2D eigenvalue weighted by atomic mass is 16.4. The highest BCUT2D eigenvalue weighted by molar-refractivity contribution is 5.81. The van der Waals surface area contributed by atoms with Gasteiger partial charge in [0.25, 0.3) is 0 Å². The van der Waals surface area contributed by atoms with E-state index in [0.29, 0.717) is 25.9 Å². The number of likely N-dealkylation sites (tertiary alicyclic amines) is 1. The average molecular weight is 289 g/mol. The summed E-state index contributed by atoms with van der Waals surface area (Å²) in [5, 5.41) is 9.06. The lowest BCUT2D eigenvalue weighted by atomic mass is 9.88. The van der Waals surface area contributed by atoms with Crippen molar-refractivity contribution >= 4 is 11.9 Å². The smallest absolute Gasteiger partial charge is 0.308 e. The molecule has 1 aliphatic rings. The molecule has 0 unspecified atom stereocenters. The van der Waals surface area contributed by atoms with Gasteiger partial charge in [0.1, 0.15) is 0 Å². The van der Waals surface area contributed by atoms with Gasteiger partial charge in [0.2, 0.25) is 5.91 Å². The Bertz CT molecular complexity index is 498. The molecule has 1 amide bonds. The number of benzene rings is 1. The second-order valence-electron chi connectivity index (χ2n) is 6.15. The van der Waals surface area contributed by atoms with Crippen molar-refractivity contribution < 1.29 is 14.7 Å². The predicted octanol–water partition coefficient (Wildman–Crippen LogP) is 2.43. The van der Waals surface area contributed by atoms with Crippen LogP contribution >= 0.6 is 0 Å². The number of carboxylic acid groups (broad SMARTS) is 1. The first kappa shape index (κ1) is 15.5. The third-order valence-corrected chi connectivity index (χ3v) is 4.27. The van der Waals surface area contributed by atoms with Gasteiger partial charge in [-0.05, 0) is 24.3 Å². The number of rotatable bonds is 5. The Hall–Kier alpha value is -1.84. The van der Waals surface area contributed by atoms with Gasteiger partial charge in [-0.3, -0.25) is 9.59 Å². The fraction of sp³-hybridized carbons (Fsp3) is 0.529. The van der Waals surface area contributed by atoms with E-state index in [1.165, 1.54) is 0 Å². The molecule has 0 spiro atoms. The van der Waals surface area contributed by atoms with Crippen molar-refractivity contribution in [2.45, 2.75) is 26.7 Å². The molecule has 1 aromatic rings. The van der Waals surface area contributed by atoms with Gasteiger partial charge < -0.3 is 10.0 Å². The number of amides is 1. The summed E-state index contributed by atoms with van der Waals surface area (Å²) in [6, 6.07) is 9.99. The molecule has 114 valence electrons. The molecule has 1 aromatic carbocycles. The Labute approximate surface area is 125 Å². The van der Waals surface area contributed by atoms with Crippen LogP contribution in [0.5, 0.6) is 0 Å². The molecule has 1 aliphatic heterocycles. The van der Waals surface area contributed by atoms with Crippen molar-refractivity contribution in [3.8, 4) is 0 Å². The van der Waals surface area contributed by atoms with Gasteiger partial charge in [-0.1, -0.05) is 44.2 Å². The molecule has 1 N–H and O–H groups in total. The zero-order valence-electron chi connectivity index (χ0n) is 12.7. The third kappa shape index (κ3) is 3.84. The summed E-state index contributed by atoms with van der Waals surface area (Å²) in [6.45, 7) is 5.02. The number of carbonyl (C=O) groups excluding carboxylic acids is 1. The van der Waals surface area contributed by atoms with Crippen LogP contribution in [0.3, 0.4) is 0 Å². The zero-order chi connectivity index (χ0) is 15.4. The molecule has 1 heterocycles. The summed E-state index contributed by atoms with van der Waals surface area (Å²) in [5.41, 5.74) is 1.15. The first-order chi connectivity index (χ1) is 9.99. The van der Waals surface area contributed by atoms with E-state index in [1.807, 2.05) is 30.3 Å². The summed E-state index contributed by atoms with van der Waals surface area (Å²) in [7, 11) is 0. The van der Waals surface area contributed by atoms with Crippen LogP contribution in [0.1, 0.15) is 25.8 Å². The molecule has 2 rings (SSSR count). The van der Waals surface area contributed by atoms with Gasteiger partial charge in [-0.15, -0.1) is 0 Å². The van der Waals surface area contributed by atoms with E-state index >= 15 is 0 Å². The third-order valence-electron chi connectivity index (χ3n) is 4.27. The van der Waals surface area contributed by atoms with E-state index in [1.54, 1.807) is 4.90 Å². The molecule has 4 heteroatoms. The zero-order valence-corrected chi connectivity index (χ0v) is 12.7. The maximum Gasteiger partial charge on any atom is 0.308 e. The highest BCUT2D eigenvalue weighted by Gasteiger charge is 2.34. The monoisotopic (exact) mass is 289 g/mol. The van der Waals surface area contributed by atoms with Crippen LogP contribution < -0.4 is 0 Å². The Morgan fingerprint density at radius 1 is 1.29 bits per heavy atom. The minimum atomic E-state index is -0.797. The number of hydrogen-bond acceptors (Lipinski definition) is 2. The number of hydrogen-bond donors (Lipinski definition) is 1. The lowest BCUT2D eigenvalue weighted by molar-refractivity contribution is -0.141. The molecular formula is C17H23NO3. The van der Waals surface area contributed by atoms with E-state index in [0.717, 1.165) is 5.56 Å². The van der Waals surface area contributed by atoms with Gasteiger partial charge >= 0.3 is 5.97 Å². The average Bonchev–Trinajstić information content (AvgIpc) is 2.95. The van der Waals surface area contributed by atoms with Crippen LogP contribution in [0.15, 0.2) is 30.3 Å². The summed E-state index contributed by atoms with van der Waals surface area (Å²) in [6.07, 6.45) is 1.28. The Morgan fingerprint density at radius 3 is 2.48 bits per heavy atom. The van der Waals surface area contributed by atoms with Gasteiger partial charge in [-0.2, -0.15) is 0 Å². The summed E-state index contributed by atoms with van der Waals surface area (Å²) in [4.78, 5) is 25.4. The van der Waals surface area contributed by atoms with Crippen LogP contribution in [0.4, 0.5) is 0 Å². The molecule has 1 saturated heterocycles. The minimum absolute atomic E-state index is 0.0834. The van der Waals surface area contributed by atoms with Crippen LogP contribution in [0.2, 0.25) is 0 Å². The number of carbonyl (C=O) groups is 2. The molecule has 0 aliphatic carbocycles. The van der Waals surface area contributed by atoms with Crippen molar-refractivity contribution in [2.24, 2.45) is 17.8 Å². The normalized spacial score (nSPS) is 19.8. The van der Waals surface area contributed by atoms with Crippen LogP contribution in [0.25, 0.3) is 0 Å². The van der Waals surface area contributed by atoms with Crippen LogP contribution in [-0.4, -0.2) is 35.0 Å². The Kier molecular flexibility index (Phi) is 4.99. The van der Waals surface area contributed by atoms with Crippen LogP contribution in [-0.2, 0) is 16.0 Å². The SMILES string of the molecule is CC(C)[C@@H](Cc1ccccc1)C(=O)N1CC[C@@H](C(=O)O)C1. The summed E-state index contributed by atoms with van der Waals surface area (Å²) >= 11 is 0. The van der Waals surface area contributed by atoms with Crippen LogP contribution in [0, 0.1) is 17.8 Å². The van der Waals surface area contributed by atoms with Crippen molar-refractivity contribution in [3.63, 3.8) is 0 Å². The molecule has 2 atom stereocenters. The van der Waals surface area contributed by atoms with Crippen molar-refractivity contribution in [1.82, 2.24) is 4.90 Å². The summed E-state index contributed by atoms with van der Waals surface area (Å²) < 4.78 is 0. The van der Waals surface area contributed by atoms with Crippen molar-refractivity contribution in [1.29, 1.82) is 0 Å². The fourth-order valence-electron chi connectivity index (χ4n) is 2.87. The molecule has 0 saturated carbocycles. The van der Waals surface area contributed by atoms with E-state index < -0.39 is 11.9 Å². The number of aliphatic carboxylic acids is 1. The number of carboxylic acids is 1. The summed E-state index contributed by atoms with van der Waals surface area (Å²) in [5.74, 6) is -0.952. The minimum Gasteiger partial charge on any atom is -0.481 e. The second kappa shape index (κ2) is 6.74. The quantitative estimate of drug-likeness (QED) is 0.905. The maximum atomic E-state index is 12.7. The Balaban J connectivity index is 2.05. The standard InChI is InChI=1S/C17H23NO3/c1-12(2)15(10-13-6-4-3-5-7-13)16(19)18-9-8-14(11-18)17(20)21/h3-7,12,14-15H,8-11H2,1-2H3,(H,20,21)/t14-,15-/m1/s1. The molecular weight excluding hydrogens is 266 g/mol. The predicted molar refractivity (Wildman–Crippen MR) is 80.8 cm³/mol. The first-order valence-electron chi connectivity index (χ1n) is 7.54. The van der Waals surface area contributed by atoms with E-state index in [4.69, 9.17) is 5.11 Å². The van der Waals surface area contributed by atoms with Gasteiger partial charge in [0.15, 0.2) is 0 Å². The fourth-order valence-corrected chi connectivity index (χ4v) is 2.87. The maximum absolute atomic E-state index is 12.7. The largest absolute Gasteiger partial charge is 0.481 e. The van der Waals surface area contributed by atoms with Gasteiger partial charge in [0.05, 0.1) is 5.92 Å². The molecule has 4 nitrogen and oxygen atoms in total. The molecule has 1 fully saturated rings.